The molecule has 0 heterocycles. The number of hydrogen-bond acceptors (Lipinski definition) is 1. The van der Waals surface area contributed by atoms with E-state index in [1.807, 2.05) is 0 Å². The van der Waals surface area contributed by atoms with Crippen LogP contribution in [-0.4, -0.2) is 6.29 Å². The summed E-state index contributed by atoms with van der Waals surface area (Å²) >= 11 is 0. The van der Waals surface area contributed by atoms with E-state index in [1.165, 1.54) is 141 Å². The Morgan fingerprint density at radius 1 is 0.464 bits per heavy atom. The first kappa shape index (κ1) is 27.7. The smallest absolute Gasteiger partial charge is 0.120 e. The number of unbranched alkanes of at least 4 members (excludes halogenated alkanes) is 18. The molecular formula is C27H54O. The minimum absolute atomic E-state index is 0.667. The maximum Gasteiger partial charge on any atom is 0.120 e. The van der Waals surface area contributed by atoms with E-state index < -0.39 is 0 Å². The zero-order chi connectivity index (χ0) is 20.5. The highest BCUT2D eigenvalue weighted by atomic mass is 16.1. The van der Waals surface area contributed by atoms with Gasteiger partial charge in [-0.2, -0.15) is 0 Å². The Labute approximate surface area is 178 Å². The SMILES string of the molecule is CCCCCCCCCCCCC(CC=O)CCCCCCCCCCCC. The van der Waals surface area contributed by atoms with Crippen LogP contribution in [0.4, 0.5) is 0 Å². The molecule has 1 heteroatoms. The predicted octanol–water partition coefficient (Wildman–Crippen LogP) is 9.81. The van der Waals surface area contributed by atoms with Gasteiger partial charge in [0.1, 0.15) is 6.29 Å². The zero-order valence-electron chi connectivity index (χ0n) is 19.8. The van der Waals surface area contributed by atoms with Gasteiger partial charge in [0.2, 0.25) is 0 Å². The van der Waals surface area contributed by atoms with E-state index >= 15 is 0 Å². The highest BCUT2D eigenvalue weighted by Gasteiger charge is 2.08. The van der Waals surface area contributed by atoms with Gasteiger partial charge in [-0.25, -0.2) is 0 Å². The van der Waals surface area contributed by atoms with Crippen molar-refractivity contribution < 1.29 is 4.79 Å². The molecule has 0 fully saturated rings. The molecule has 0 saturated carbocycles. The van der Waals surface area contributed by atoms with Crippen molar-refractivity contribution in [2.75, 3.05) is 0 Å². The molecule has 0 aromatic rings. The normalized spacial score (nSPS) is 11.4. The molecule has 0 aromatic carbocycles. The summed E-state index contributed by atoms with van der Waals surface area (Å²) < 4.78 is 0. The molecule has 0 aliphatic rings. The lowest BCUT2D eigenvalue weighted by atomic mass is 9.92. The minimum atomic E-state index is 0.667. The summed E-state index contributed by atoms with van der Waals surface area (Å²) in [5.74, 6) is 0.667. The van der Waals surface area contributed by atoms with Crippen LogP contribution in [0.5, 0.6) is 0 Å². The molecule has 0 atom stereocenters. The van der Waals surface area contributed by atoms with Gasteiger partial charge in [0, 0.05) is 6.42 Å². The third kappa shape index (κ3) is 22.0. The van der Waals surface area contributed by atoms with Crippen LogP contribution < -0.4 is 0 Å². The summed E-state index contributed by atoms with van der Waals surface area (Å²) in [6.07, 6.45) is 32.6. The molecule has 0 aliphatic heterocycles. The molecular weight excluding hydrogens is 340 g/mol. The van der Waals surface area contributed by atoms with Crippen molar-refractivity contribution in [1.29, 1.82) is 0 Å². The molecule has 28 heavy (non-hydrogen) atoms. The summed E-state index contributed by atoms with van der Waals surface area (Å²) in [7, 11) is 0. The maximum absolute atomic E-state index is 11.0. The number of hydrogen-bond donors (Lipinski definition) is 0. The topological polar surface area (TPSA) is 17.1 Å². The van der Waals surface area contributed by atoms with Gasteiger partial charge in [-0.1, -0.05) is 155 Å². The largest absolute Gasteiger partial charge is 0.303 e. The van der Waals surface area contributed by atoms with Crippen LogP contribution in [0.2, 0.25) is 0 Å². The molecule has 0 aromatic heterocycles. The van der Waals surface area contributed by atoms with Crippen LogP contribution in [0.1, 0.15) is 162 Å². The van der Waals surface area contributed by atoms with E-state index in [0.717, 1.165) is 12.7 Å². The zero-order valence-corrected chi connectivity index (χ0v) is 19.8. The van der Waals surface area contributed by atoms with Crippen LogP contribution in [0, 0.1) is 5.92 Å². The first-order valence-corrected chi connectivity index (χ1v) is 13.3. The second kappa shape index (κ2) is 24.7. The number of aldehydes is 1. The van der Waals surface area contributed by atoms with Crippen molar-refractivity contribution in [3.05, 3.63) is 0 Å². The third-order valence-electron chi connectivity index (χ3n) is 6.36. The molecule has 0 rings (SSSR count). The fraction of sp³-hybridized carbons (Fsp3) is 0.963. The monoisotopic (exact) mass is 394 g/mol. The van der Waals surface area contributed by atoms with Crippen LogP contribution in [0.15, 0.2) is 0 Å². The van der Waals surface area contributed by atoms with Crippen LogP contribution in [-0.2, 0) is 4.79 Å². The molecule has 0 radical (unpaired) electrons. The fourth-order valence-electron chi connectivity index (χ4n) is 4.36. The lowest BCUT2D eigenvalue weighted by molar-refractivity contribution is -0.108. The molecule has 0 bridgehead atoms. The Morgan fingerprint density at radius 3 is 1.04 bits per heavy atom. The summed E-state index contributed by atoms with van der Waals surface area (Å²) in [4.78, 5) is 11.0. The highest BCUT2D eigenvalue weighted by Crippen LogP contribution is 2.21. The number of rotatable bonds is 24. The average Bonchev–Trinajstić information content (AvgIpc) is 2.70. The first-order chi connectivity index (χ1) is 13.8. The highest BCUT2D eigenvalue weighted by molar-refractivity contribution is 5.49. The van der Waals surface area contributed by atoms with Crippen molar-refractivity contribution in [2.45, 2.75) is 162 Å². The summed E-state index contributed by atoms with van der Waals surface area (Å²) in [5, 5.41) is 0. The average molecular weight is 395 g/mol. The fourth-order valence-corrected chi connectivity index (χ4v) is 4.36. The number of carbonyl (C=O) groups excluding carboxylic acids is 1. The second-order valence-corrected chi connectivity index (χ2v) is 9.21. The van der Waals surface area contributed by atoms with Gasteiger partial charge in [0.15, 0.2) is 0 Å². The van der Waals surface area contributed by atoms with Gasteiger partial charge < -0.3 is 4.79 Å². The van der Waals surface area contributed by atoms with Crippen molar-refractivity contribution in [2.24, 2.45) is 5.92 Å². The van der Waals surface area contributed by atoms with Crippen LogP contribution in [0.25, 0.3) is 0 Å². The van der Waals surface area contributed by atoms with E-state index in [-0.39, 0.29) is 0 Å². The van der Waals surface area contributed by atoms with E-state index in [1.54, 1.807) is 0 Å². The van der Waals surface area contributed by atoms with E-state index in [4.69, 9.17) is 0 Å². The predicted molar refractivity (Wildman–Crippen MR) is 127 cm³/mol. The Kier molecular flexibility index (Phi) is 24.4. The van der Waals surface area contributed by atoms with Crippen molar-refractivity contribution in [1.82, 2.24) is 0 Å². The standard InChI is InChI=1S/C27H54O/c1-3-5-7-9-11-13-15-17-19-21-23-27(25-26-28)24-22-20-18-16-14-12-10-8-6-4-2/h26-27H,3-25H2,1-2H3. The summed E-state index contributed by atoms with van der Waals surface area (Å²) in [6, 6.07) is 0. The lowest BCUT2D eigenvalue weighted by Gasteiger charge is -2.14. The van der Waals surface area contributed by atoms with E-state index in [2.05, 4.69) is 13.8 Å². The van der Waals surface area contributed by atoms with E-state index in [0.29, 0.717) is 5.92 Å². The van der Waals surface area contributed by atoms with Gasteiger partial charge in [-0.05, 0) is 5.92 Å². The van der Waals surface area contributed by atoms with Gasteiger partial charge in [0.05, 0.1) is 0 Å². The Hall–Kier alpha value is -0.330. The molecule has 0 saturated heterocycles. The van der Waals surface area contributed by atoms with Crippen LogP contribution >= 0.6 is 0 Å². The summed E-state index contributed by atoms with van der Waals surface area (Å²) in [6.45, 7) is 4.57. The van der Waals surface area contributed by atoms with Gasteiger partial charge in [-0.3, -0.25) is 0 Å². The summed E-state index contributed by atoms with van der Waals surface area (Å²) in [5.41, 5.74) is 0. The molecule has 0 aliphatic carbocycles. The second-order valence-electron chi connectivity index (χ2n) is 9.21. The maximum atomic E-state index is 11.0. The molecule has 168 valence electrons. The lowest BCUT2D eigenvalue weighted by Crippen LogP contribution is -2.02. The van der Waals surface area contributed by atoms with Gasteiger partial charge >= 0.3 is 0 Å². The quantitative estimate of drug-likeness (QED) is 0.117. The Balaban J connectivity index is 3.42. The molecule has 0 spiro atoms. The van der Waals surface area contributed by atoms with Crippen molar-refractivity contribution in [3.8, 4) is 0 Å². The minimum Gasteiger partial charge on any atom is -0.303 e. The van der Waals surface area contributed by atoms with Crippen LogP contribution in [0.3, 0.4) is 0 Å². The molecule has 0 unspecified atom stereocenters. The third-order valence-corrected chi connectivity index (χ3v) is 6.36. The molecule has 0 amide bonds. The van der Waals surface area contributed by atoms with Gasteiger partial charge in [-0.15, -0.1) is 0 Å². The van der Waals surface area contributed by atoms with E-state index in [9.17, 15) is 4.79 Å². The van der Waals surface area contributed by atoms with Gasteiger partial charge in [0.25, 0.3) is 0 Å². The van der Waals surface area contributed by atoms with Crippen molar-refractivity contribution in [3.63, 3.8) is 0 Å². The number of carbonyl (C=O) groups is 1. The Morgan fingerprint density at radius 2 is 0.750 bits per heavy atom. The van der Waals surface area contributed by atoms with Crippen molar-refractivity contribution >= 4 is 6.29 Å². The first-order valence-electron chi connectivity index (χ1n) is 13.3. The molecule has 0 N–H and O–H groups in total. The Bertz CT molecular complexity index is 262. The molecule has 1 nitrogen and oxygen atoms in total.